The lowest BCUT2D eigenvalue weighted by atomic mass is 10.2. The molecule has 0 spiro atoms. The van der Waals surface area contributed by atoms with Crippen LogP contribution in [-0.4, -0.2) is 44.9 Å². The van der Waals surface area contributed by atoms with Gasteiger partial charge in [0.05, 0.1) is 20.3 Å². The van der Waals surface area contributed by atoms with Crippen molar-refractivity contribution in [3.8, 4) is 23.8 Å². The van der Waals surface area contributed by atoms with E-state index in [1.54, 1.807) is 7.11 Å². The third-order valence-electron chi connectivity index (χ3n) is 3.05. The minimum Gasteiger partial charge on any atom is -0.493 e. The van der Waals surface area contributed by atoms with Crippen molar-refractivity contribution in [1.29, 1.82) is 0 Å². The Morgan fingerprint density at radius 1 is 1.32 bits per heavy atom. The average molecular weight is 261 g/mol. The number of hydrogen-bond donors (Lipinski definition) is 0. The number of morpholine rings is 1. The normalized spacial score (nSPS) is 15.8. The minimum atomic E-state index is 0.247. The standard InChI is InChI=1S/C15H19NO3/c1-3-8-19-15-11-13(4-5-14(15)17-2)12-16-6-9-18-10-7-16/h1,4-5,11H,6-10,12H2,2H3. The van der Waals surface area contributed by atoms with Gasteiger partial charge in [-0.25, -0.2) is 0 Å². The Morgan fingerprint density at radius 3 is 2.79 bits per heavy atom. The molecule has 1 fully saturated rings. The van der Waals surface area contributed by atoms with Gasteiger partial charge in [-0.3, -0.25) is 4.90 Å². The predicted octanol–water partition coefficient (Wildman–Crippen LogP) is 1.54. The van der Waals surface area contributed by atoms with Gasteiger partial charge in [-0.1, -0.05) is 12.0 Å². The van der Waals surface area contributed by atoms with Gasteiger partial charge >= 0.3 is 0 Å². The average Bonchev–Trinajstić information content (AvgIpc) is 2.46. The Morgan fingerprint density at radius 2 is 2.11 bits per heavy atom. The summed E-state index contributed by atoms with van der Waals surface area (Å²) in [5.74, 6) is 3.87. The van der Waals surface area contributed by atoms with Crippen molar-refractivity contribution in [3.63, 3.8) is 0 Å². The third-order valence-corrected chi connectivity index (χ3v) is 3.05. The first-order valence-corrected chi connectivity index (χ1v) is 6.37. The van der Waals surface area contributed by atoms with Crippen molar-refractivity contribution in [2.45, 2.75) is 6.54 Å². The fourth-order valence-electron chi connectivity index (χ4n) is 2.07. The highest BCUT2D eigenvalue weighted by Gasteiger charge is 2.12. The molecule has 102 valence electrons. The lowest BCUT2D eigenvalue weighted by Crippen LogP contribution is -2.35. The molecule has 1 aromatic carbocycles. The van der Waals surface area contributed by atoms with Crippen LogP contribution in [0.3, 0.4) is 0 Å². The van der Waals surface area contributed by atoms with E-state index >= 15 is 0 Å². The number of rotatable bonds is 5. The molecule has 0 N–H and O–H groups in total. The Bertz CT molecular complexity index is 447. The summed E-state index contributed by atoms with van der Waals surface area (Å²) >= 11 is 0. The molecule has 0 amide bonds. The maximum absolute atomic E-state index is 5.50. The van der Waals surface area contributed by atoms with Crippen LogP contribution in [0.1, 0.15) is 5.56 Å². The monoisotopic (exact) mass is 261 g/mol. The van der Waals surface area contributed by atoms with Gasteiger partial charge in [0.1, 0.15) is 6.61 Å². The summed E-state index contributed by atoms with van der Waals surface area (Å²) in [7, 11) is 1.62. The first-order valence-electron chi connectivity index (χ1n) is 6.37. The maximum Gasteiger partial charge on any atom is 0.162 e. The molecule has 0 aliphatic carbocycles. The predicted molar refractivity (Wildman–Crippen MR) is 73.4 cm³/mol. The molecule has 4 nitrogen and oxygen atoms in total. The van der Waals surface area contributed by atoms with Gasteiger partial charge in [-0.05, 0) is 17.7 Å². The van der Waals surface area contributed by atoms with Crippen LogP contribution in [-0.2, 0) is 11.3 Å². The molecule has 19 heavy (non-hydrogen) atoms. The van der Waals surface area contributed by atoms with Crippen LogP contribution in [0.4, 0.5) is 0 Å². The molecule has 2 rings (SSSR count). The largest absolute Gasteiger partial charge is 0.493 e. The van der Waals surface area contributed by atoms with E-state index in [1.165, 1.54) is 5.56 Å². The number of terminal acetylenes is 1. The third kappa shape index (κ3) is 3.88. The van der Waals surface area contributed by atoms with Gasteiger partial charge in [0, 0.05) is 19.6 Å². The van der Waals surface area contributed by atoms with E-state index in [0.717, 1.165) is 32.8 Å². The lowest BCUT2D eigenvalue weighted by molar-refractivity contribution is 0.0341. The van der Waals surface area contributed by atoms with E-state index in [-0.39, 0.29) is 6.61 Å². The summed E-state index contributed by atoms with van der Waals surface area (Å²) in [5.41, 5.74) is 1.19. The van der Waals surface area contributed by atoms with Gasteiger partial charge in [-0.15, -0.1) is 6.42 Å². The highest BCUT2D eigenvalue weighted by Crippen LogP contribution is 2.28. The fourth-order valence-corrected chi connectivity index (χ4v) is 2.07. The zero-order chi connectivity index (χ0) is 13.5. The minimum absolute atomic E-state index is 0.247. The van der Waals surface area contributed by atoms with Crippen LogP contribution in [0.25, 0.3) is 0 Å². The van der Waals surface area contributed by atoms with E-state index in [2.05, 4.69) is 16.9 Å². The number of hydrogen-bond acceptors (Lipinski definition) is 4. The smallest absolute Gasteiger partial charge is 0.162 e. The van der Waals surface area contributed by atoms with Crippen LogP contribution in [0.2, 0.25) is 0 Å². The van der Waals surface area contributed by atoms with Crippen LogP contribution in [0, 0.1) is 12.3 Å². The van der Waals surface area contributed by atoms with Gasteiger partial charge in [0.15, 0.2) is 11.5 Å². The van der Waals surface area contributed by atoms with Gasteiger partial charge in [-0.2, -0.15) is 0 Å². The number of methoxy groups -OCH3 is 1. The van der Waals surface area contributed by atoms with Gasteiger partial charge in [0.2, 0.25) is 0 Å². The van der Waals surface area contributed by atoms with Crippen molar-refractivity contribution in [2.75, 3.05) is 40.0 Å². The quantitative estimate of drug-likeness (QED) is 0.752. The van der Waals surface area contributed by atoms with Gasteiger partial charge in [0.25, 0.3) is 0 Å². The molecule has 1 aromatic rings. The molecule has 0 bridgehead atoms. The van der Waals surface area contributed by atoms with Crippen molar-refractivity contribution in [3.05, 3.63) is 23.8 Å². The summed E-state index contributed by atoms with van der Waals surface area (Å²) in [6.45, 7) is 4.67. The zero-order valence-corrected chi connectivity index (χ0v) is 11.2. The second-order valence-electron chi connectivity index (χ2n) is 4.37. The fraction of sp³-hybridized carbons (Fsp3) is 0.467. The number of benzene rings is 1. The van der Waals surface area contributed by atoms with Crippen molar-refractivity contribution in [2.24, 2.45) is 0 Å². The highest BCUT2D eigenvalue weighted by molar-refractivity contribution is 5.43. The van der Waals surface area contributed by atoms with Crippen LogP contribution in [0.5, 0.6) is 11.5 Å². The second kappa shape index (κ2) is 7.03. The second-order valence-corrected chi connectivity index (χ2v) is 4.37. The summed E-state index contributed by atoms with van der Waals surface area (Å²) < 4.78 is 16.1. The summed E-state index contributed by atoms with van der Waals surface area (Å²) in [6, 6.07) is 5.96. The molecular formula is C15H19NO3. The molecule has 1 heterocycles. The number of ether oxygens (including phenoxy) is 3. The Balaban J connectivity index is 2.05. The van der Waals surface area contributed by atoms with Gasteiger partial charge < -0.3 is 14.2 Å². The summed E-state index contributed by atoms with van der Waals surface area (Å²) in [4.78, 5) is 2.36. The Hall–Kier alpha value is -1.70. The molecule has 1 aliphatic rings. The lowest BCUT2D eigenvalue weighted by Gasteiger charge is -2.26. The topological polar surface area (TPSA) is 30.9 Å². The van der Waals surface area contributed by atoms with E-state index in [4.69, 9.17) is 20.6 Å². The van der Waals surface area contributed by atoms with E-state index in [9.17, 15) is 0 Å². The molecule has 0 saturated carbocycles. The molecule has 1 saturated heterocycles. The Labute approximate surface area is 114 Å². The number of nitrogens with zero attached hydrogens (tertiary/aromatic N) is 1. The molecule has 0 atom stereocenters. The molecule has 4 heteroatoms. The molecular weight excluding hydrogens is 242 g/mol. The summed E-state index contributed by atoms with van der Waals surface area (Å²) in [5, 5.41) is 0. The van der Waals surface area contributed by atoms with E-state index < -0.39 is 0 Å². The molecule has 0 radical (unpaired) electrons. The van der Waals surface area contributed by atoms with E-state index in [1.807, 2.05) is 12.1 Å². The van der Waals surface area contributed by atoms with Crippen LogP contribution >= 0.6 is 0 Å². The SMILES string of the molecule is C#CCOc1cc(CN2CCOCC2)ccc1OC. The molecule has 1 aliphatic heterocycles. The maximum atomic E-state index is 5.50. The Kier molecular flexibility index (Phi) is 5.08. The highest BCUT2D eigenvalue weighted by atomic mass is 16.5. The van der Waals surface area contributed by atoms with Crippen LogP contribution < -0.4 is 9.47 Å². The summed E-state index contributed by atoms with van der Waals surface area (Å²) in [6.07, 6.45) is 5.22. The van der Waals surface area contributed by atoms with Crippen molar-refractivity contribution < 1.29 is 14.2 Å². The van der Waals surface area contributed by atoms with Crippen molar-refractivity contribution in [1.82, 2.24) is 4.90 Å². The first-order chi connectivity index (χ1) is 9.33. The molecule has 0 aromatic heterocycles. The zero-order valence-electron chi connectivity index (χ0n) is 11.2. The molecule has 0 unspecified atom stereocenters. The first kappa shape index (κ1) is 13.7. The van der Waals surface area contributed by atoms with Crippen molar-refractivity contribution >= 4 is 0 Å². The van der Waals surface area contributed by atoms with E-state index in [0.29, 0.717) is 11.5 Å². The van der Waals surface area contributed by atoms with Crippen LogP contribution in [0.15, 0.2) is 18.2 Å².